The number of anilines is 2. The first-order valence-corrected chi connectivity index (χ1v) is 9.16. The van der Waals surface area contributed by atoms with E-state index in [1.54, 1.807) is 26.4 Å². The van der Waals surface area contributed by atoms with Crippen LogP contribution in [0.15, 0.2) is 66.7 Å². The molecule has 6 heteroatoms. The Labute approximate surface area is 169 Å². The van der Waals surface area contributed by atoms with E-state index in [0.717, 1.165) is 11.3 Å². The van der Waals surface area contributed by atoms with Gasteiger partial charge in [0, 0.05) is 17.9 Å². The third kappa shape index (κ3) is 5.72. The van der Waals surface area contributed by atoms with Crippen molar-refractivity contribution >= 4 is 17.3 Å². The van der Waals surface area contributed by atoms with E-state index in [4.69, 9.17) is 9.47 Å². The zero-order valence-electron chi connectivity index (χ0n) is 16.4. The molecule has 5 nitrogen and oxygen atoms in total. The number of rotatable bonds is 8. The number of hydrogen-bond donors (Lipinski definition) is 2. The summed E-state index contributed by atoms with van der Waals surface area (Å²) in [5.41, 5.74) is 3.29. The Morgan fingerprint density at radius 1 is 0.862 bits per heavy atom. The van der Waals surface area contributed by atoms with E-state index in [9.17, 15) is 9.18 Å². The van der Waals surface area contributed by atoms with Crippen molar-refractivity contribution < 1.29 is 18.7 Å². The van der Waals surface area contributed by atoms with Gasteiger partial charge < -0.3 is 20.1 Å². The molecule has 3 aromatic carbocycles. The third-order valence-corrected chi connectivity index (χ3v) is 4.37. The lowest BCUT2D eigenvalue weighted by Gasteiger charge is -2.11. The number of carbonyl (C=O) groups is 1. The van der Waals surface area contributed by atoms with Gasteiger partial charge in [0.2, 0.25) is 5.91 Å². The Hall–Kier alpha value is -3.54. The van der Waals surface area contributed by atoms with E-state index >= 15 is 0 Å². The molecule has 0 spiro atoms. The Bertz CT molecular complexity index is 974. The molecule has 0 aromatic heterocycles. The first-order chi connectivity index (χ1) is 14.1. The molecule has 150 valence electrons. The van der Waals surface area contributed by atoms with Crippen molar-refractivity contribution in [3.63, 3.8) is 0 Å². The normalized spacial score (nSPS) is 10.3. The highest BCUT2D eigenvalue weighted by Crippen LogP contribution is 2.28. The molecule has 0 aliphatic carbocycles. The van der Waals surface area contributed by atoms with Gasteiger partial charge in [-0.1, -0.05) is 18.2 Å². The molecule has 0 unspecified atom stereocenters. The van der Waals surface area contributed by atoms with E-state index in [2.05, 4.69) is 10.6 Å². The van der Waals surface area contributed by atoms with E-state index in [1.807, 2.05) is 42.5 Å². The lowest BCUT2D eigenvalue weighted by molar-refractivity contribution is -0.115. The van der Waals surface area contributed by atoms with Gasteiger partial charge in [-0.2, -0.15) is 0 Å². The lowest BCUT2D eigenvalue weighted by atomic mass is 10.1. The predicted molar refractivity (Wildman–Crippen MR) is 112 cm³/mol. The standard InChI is InChI=1S/C23H23FN2O3/c1-28-21-11-6-17(13-22(21)29-2)15-25-19-7-9-20(10-8-19)26-23(27)14-16-4-3-5-18(24)12-16/h3-13,25H,14-15H2,1-2H3,(H,26,27). The van der Waals surface area contributed by atoms with E-state index in [0.29, 0.717) is 29.3 Å². The fourth-order valence-corrected chi connectivity index (χ4v) is 2.90. The Morgan fingerprint density at radius 3 is 2.28 bits per heavy atom. The van der Waals surface area contributed by atoms with Gasteiger partial charge in [0.1, 0.15) is 5.82 Å². The molecule has 0 saturated heterocycles. The first kappa shape index (κ1) is 20.2. The van der Waals surface area contributed by atoms with Crippen LogP contribution in [0.3, 0.4) is 0 Å². The molecule has 0 saturated carbocycles. The maximum atomic E-state index is 13.2. The van der Waals surface area contributed by atoms with Gasteiger partial charge in [-0.25, -0.2) is 4.39 Å². The summed E-state index contributed by atoms with van der Waals surface area (Å²) in [6, 6.07) is 19.2. The Balaban J connectivity index is 1.54. The van der Waals surface area contributed by atoms with Crippen molar-refractivity contribution in [2.75, 3.05) is 24.9 Å². The number of amides is 1. The average molecular weight is 394 g/mol. The summed E-state index contributed by atoms with van der Waals surface area (Å²) in [6.07, 6.45) is 0.122. The van der Waals surface area contributed by atoms with Crippen LogP contribution in [0.25, 0.3) is 0 Å². The second-order valence-corrected chi connectivity index (χ2v) is 6.48. The highest BCUT2D eigenvalue weighted by Gasteiger charge is 2.06. The zero-order chi connectivity index (χ0) is 20.6. The van der Waals surface area contributed by atoms with Crippen molar-refractivity contribution in [1.82, 2.24) is 0 Å². The number of methoxy groups -OCH3 is 2. The molecule has 3 rings (SSSR count). The minimum absolute atomic E-state index is 0.122. The molecule has 1 amide bonds. The summed E-state index contributed by atoms with van der Waals surface area (Å²) >= 11 is 0. The molecule has 0 aliphatic rings. The first-order valence-electron chi connectivity index (χ1n) is 9.16. The van der Waals surface area contributed by atoms with Crippen molar-refractivity contribution in [1.29, 1.82) is 0 Å². The summed E-state index contributed by atoms with van der Waals surface area (Å²) in [7, 11) is 3.21. The number of benzene rings is 3. The Morgan fingerprint density at radius 2 is 1.59 bits per heavy atom. The van der Waals surface area contributed by atoms with Gasteiger partial charge in [0.15, 0.2) is 11.5 Å². The lowest BCUT2D eigenvalue weighted by Crippen LogP contribution is -2.14. The van der Waals surface area contributed by atoms with Crippen LogP contribution < -0.4 is 20.1 Å². The summed E-state index contributed by atoms with van der Waals surface area (Å²) in [6.45, 7) is 0.617. The molecule has 0 atom stereocenters. The van der Waals surface area contributed by atoms with Crippen LogP contribution in [0, 0.1) is 5.82 Å². The molecule has 29 heavy (non-hydrogen) atoms. The summed E-state index contributed by atoms with van der Waals surface area (Å²) < 4.78 is 23.8. The van der Waals surface area contributed by atoms with Gasteiger partial charge in [-0.3, -0.25) is 4.79 Å². The Kier molecular flexibility index (Phi) is 6.68. The quantitative estimate of drug-likeness (QED) is 0.585. The molecular formula is C23H23FN2O3. The maximum Gasteiger partial charge on any atom is 0.228 e. The monoisotopic (exact) mass is 394 g/mol. The average Bonchev–Trinajstić information content (AvgIpc) is 2.73. The molecule has 0 bridgehead atoms. The predicted octanol–water partition coefficient (Wildman–Crippen LogP) is 4.64. The molecule has 0 aliphatic heterocycles. The van der Waals surface area contributed by atoms with Crippen molar-refractivity contribution in [3.8, 4) is 11.5 Å². The van der Waals surface area contributed by atoms with Gasteiger partial charge >= 0.3 is 0 Å². The number of ether oxygens (including phenoxy) is 2. The molecule has 3 aromatic rings. The second-order valence-electron chi connectivity index (χ2n) is 6.48. The van der Waals surface area contributed by atoms with Crippen LogP contribution in [-0.2, 0) is 17.8 Å². The summed E-state index contributed by atoms with van der Waals surface area (Å²) in [4.78, 5) is 12.1. The molecular weight excluding hydrogens is 371 g/mol. The van der Waals surface area contributed by atoms with Crippen LogP contribution in [0.1, 0.15) is 11.1 Å². The molecule has 0 radical (unpaired) electrons. The van der Waals surface area contributed by atoms with Crippen LogP contribution in [0.5, 0.6) is 11.5 Å². The highest BCUT2D eigenvalue weighted by atomic mass is 19.1. The largest absolute Gasteiger partial charge is 0.493 e. The van der Waals surface area contributed by atoms with Gasteiger partial charge in [0.05, 0.1) is 20.6 Å². The second kappa shape index (κ2) is 9.59. The number of halogens is 1. The summed E-state index contributed by atoms with van der Waals surface area (Å²) in [5.74, 6) is 0.833. The topological polar surface area (TPSA) is 59.6 Å². The smallest absolute Gasteiger partial charge is 0.228 e. The van der Waals surface area contributed by atoms with Crippen molar-refractivity contribution in [3.05, 3.63) is 83.7 Å². The highest BCUT2D eigenvalue weighted by molar-refractivity contribution is 5.92. The minimum atomic E-state index is -0.347. The fourth-order valence-electron chi connectivity index (χ4n) is 2.90. The van der Waals surface area contributed by atoms with Gasteiger partial charge in [0.25, 0.3) is 0 Å². The summed E-state index contributed by atoms with van der Waals surface area (Å²) in [5, 5.41) is 6.14. The van der Waals surface area contributed by atoms with Crippen molar-refractivity contribution in [2.45, 2.75) is 13.0 Å². The molecule has 2 N–H and O–H groups in total. The number of carbonyl (C=O) groups excluding carboxylic acids is 1. The van der Waals surface area contributed by atoms with E-state index in [1.165, 1.54) is 12.1 Å². The van der Waals surface area contributed by atoms with Crippen LogP contribution >= 0.6 is 0 Å². The molecule has 0 fully saturated rings. The number of hydrogen-bond acceptors (Lipinski definition) is 4. The third-order valence-electron chi connectivity index (χ3n) is 4.37. The fraction of sp³-hybridized carbons (Fsp3) is 0.174. The SMILES string of the molecule is COc1ccc(CNc2ccc(NC(=O)Cc3cccc(F)c3)cc2)cc1OC. The van der Waals surface area contributed by atoms with Gasteiger partial charge in [-0.15, -0.1) is 0 Å². The van der Waals surface area contributed by atoms with Crippen LogP contribution in [-0.4, -0.2) is 20.1 Å². The van der Waals surface area contributed by atoms with Crippen LogP contribution in [0.2, 0.25) is 0 Å². The van der Waals surface area contributed by atoms with Gasteiger partial charge in [-0.05, 0) is 59.7 Å². The zero-order valence-corrected chi connectivity index (χ0v) is 16.4. The van der Waals surface area contributed by atoms with Crippen LogP contribution in [0.4, 0.5) is 15.8 Å². The molecule has 0 heterocycles. The maximum absolute atomic E-state index is 13.2. The van der Waals surface area contributed by atoms with E-state index in [-0.39, 0.29) is 18.1 Å². The van der Waals surface area contributed by atoms with E-state index < -0.39 is 0 Å². The minimum Gasteiger partial charge on any atom is -0.493 e. The van der Waals surface area contributed by atoms with Crippen molar-refractivity contribution in [2.24, 2.45) is 0 Å². The number of nitrogens with one attached hydrogen (secondary N) is 2.